The van der Waals surface area contributed by atoms with E-state index in [-0.39, 0.29) is 17.5 Å². The maximum Gasteiger partial charge on any atom is 0.272 e. The van der Waals surface area contributed by atoms with Crippen LogP contribution in [0.25, 0.3) is 0 Å². The summed E-state index contributed by atoms with van der Waals surface area (Å²) in [5.74, 6) is 0.443. The summed E-state index contributed by atoms with van der Waals surface area (Å²) in [6.07, 6.45) is 6.06. The third-order valence-electron chi connectivity index (χ3n) is 7.14. The van der Waals surface area contributed by atoms with E-state index < -0.39 is 6.10 Å². The predicted octanol–water partition coefficient (Wildman–Crippen LogP) is 4.58. The summed E-state index contributed by atoms with van der Waals surface area (Å²) in [6, 6.07) is 13.2. The van der Waals surface area contributed by atoms with Crippen LogP contribution < -0.4 is 15.4 Å². The van der Waals surface area contributed by atoms with Gasteiger partial charge in [0.05, 0.1) is 5.69 Å². The van der Waals surface area contributed by atoms with Crippen molar-refractivity contribution in [2.45, 2.75) is 70.6 Å². The first-order chi connectivity index (χ1) is 16.3. The van der Waals surface area contributed by atoms with Gasteiger partial charge in [-0.3, -0.25) is 15.1 Å². The maximum atomic E-state index is 13.5. The molecule has 0 radical (unpaired) electrons. The van der Waals surface area contributed by atoms with Crippen LogP contribution in [0.2, 0.25) is 0 Å². The smallest absolute Gasteiger partial charge is 0.272 e. The van der Waals surface area contributed by atoms with Crippen molar-refractivity contribution >= 4 is 17.4 Å². The highest BCUT2D eigenvalue weighted by Crippen LogP contribution is 2.41. The van der Waals surface area contributed by atoms with Crippen molar-refractivity contribution < 1.29 is 14.6 Å². The molecule has 0 bridgehead atoms. The molecule has 1 fully saturated rings. The van der Waals surface area contributed by atoms with Gasteiger partial charge in [-0.1, -0.05) is 31.0 Å². The lowest BCUT2D eigenvalue weighted by molar-refractivity contribution is -0.126. The zero-order chi connectivity index (χ0) is 24.2. The molecule has 0 aliphatic carbocycles. The predicted molar refractivity (Wildman–Crippen MR) is 135 cm³/mol. The van der Waals surface area contributed by atoms with E-state index in [4.69, 9.17) is 15.9 Å². The van der Waals surface area contributed by atoms with Crippen molar-refractivity contribution in [3.05, 3.63) is 53.6 Å². The van der Waals surface area contributed by atoms with Gasteiger partial charge in [-0.15, -0.1) is 0 Å². The largest absolute Gasteiger partial charge is 0.508 e. The number of aromatic hydroxyl groups is 1. The summed E-state index contributed by atoms with van der Waals surface area (Å²) in [6.45, 7) is 6.31. The Morgan fingerprint density at radius 3 is 2.56 bits per heavy atom. The SMILES string of the molecule is C[C@@H]1CCC[C@H](C)N1CCCCCN1C(=O)C(c2cccc(C(=N)N)c2)Oc2ccc(O)cc21. The molecule has 1 unspecified atom stereocenters. The molecule has 1 amide bonds. The lowest BCUT2D eigenvalue weighted by atomic mass is 9.97. The van der Waals surface area contributed by atoms with E-state index in [0.29, 0.717) is 41.2 Å². The Morgan fingerprint density at radius 2 is 1.82 bits per heavy atom. The van der Waals surface area contributed by atoms with Crippen molar-refractivity contribution in [2.24, 2.45) is 5.73 Å². The van der Waals surface area contributed by atoms with Gasteiger partial charge in [0.2, 0.25) is 6.10 Å². The molecular weight excluding hydrogens is 428 g/mol. The molecule has 7 heteroatoms. The van der Waals surface area contributed by atoms with Gasteiger partial charge in [0.15, 0.2) is 0 Å². The molecule has 1 saturated heterocycles. The molecule has 2 aliphatic heterocycles. The van der Waals surface area contributed by atoms with E-state index in [1.165, 1.54) is 19.3 Å². The lowest BCUT2D eigenvalue weighted by Crippen LogP contribution is -2.44. The number of phenols is 1. The maximum absolute atomic E-state index is 13.5. The molecule has 2 aliphatic rings. The summed E-state index contributed by atoms with van der Waals surface area (Å²) in [4.78, 5) is 17.9. The van der Waals surface area contributed by atoms with Gasteiger partial charge in [0, 0.05) is 35.8 Å². The number of nitrogens with two attached hydrogens (primary N) is 1. The van der Waals surface area contributed by atoms with Crippen molar-refractivity contribution in [2.75, 3.05) is 18.0 Å². The highest BCUT2D eigenvalue weighted by Gasteiger charge is 2.35. The average Bonchev–Trinajstić information content (AvgIpc) is 2.81. The number of likely N-dealkylation sites (tertiary alicyclic amines) is 1. The molecule has 2 aromatic carbocycles. The molecule has 4 N–H and O–H groups in total. The number of piperidine rings is 1. The Labute approximate surface area is 202 Å². The van der Waals surface area contributed by atoms with Crippen LogP contribution in [0.15, 0.2) is 42.5 Å². The molecule has 2 aromatic rings. The quantitative estimate of drug-likeness (QED) is 0.302. The molecule has 0 saturated carbocycles. The van der Waals surface area contributed by atoms with Gasteiger partial charge in [0.25, 0.3) is 5.91 Å². The van der Waals surface area contributed by atoms with Crippen molar-refractivity contribution in [3.63, 3.8) is 0 Å². The van der Waals surface area contributed by atoms with Crippen molar-refractivity contribution in [3.8, 4) is 11.5 Å². The van der Waals surface area contributed by atoms with Crippen molar-refractivity contribution in [1.82, 2.24) is 4.90 Å². The molecule has 182 valence electrons. The Hall–Kier alpha value is -3.06. The summed E-state index contributed by atoms with van der Waals surface area (Å²) < 4.78 is 6.06. The van der Waals surface area contributed by atoms with Gasteiger partial charge in [-0.05, 0) is 64.3 Å². The van der Waals surface area contributed by atoms with Crippen LogP contribution in [0.1, 0.15) is 69.6 Å². The number of amides is 1. The Balaban J connectivity index is 1.45. The van der Waals surface area contributed by atoms with Gasteiger partial charge in [-0.2, -0.15) is 0 Å². The number of hydrogen-bond acceptors (Lipinski definition) is 5. The van der Waals surface area contributed by atoms with Crippen LogP contribution in [0, 0.1) is 5.41 Å². The van der Waals surface area contributed by atoms with E-state index in [2.05, 4.69) is 18.7 Å². The number of nitrogen functional groups attached to an aromatic ring is 1. The molecule has 4 rings (SSSR count). The third-order valence-corrected chi connectivity index (χ3v) is 7.14. The average molecular weight is 465 g/mol. The number of phenolic OH excluding ortho intramolecular Hbond substituents is 1. The molecule has 7 nitrogen and oxygen atoms in total. The first-order valence-corrected chi connectivity index (χ1v) is 12.4. The van der Waals surface area contributed by atoms with E-state index >= 15 is 0 Å². The number of unbranched alkanes of at least 4 members (excludes halogenated alkanes) is 2. The second-order valence-electron chi connectivity index (χ2n) is 9.61. The van der Waals surface area contributed by atoms with Crippen LogP contribution in [0.3, 0.4) is 0 Å². The number of hydrogen-bond donors (Lipinski definition) is 3. The fourth-order valence-corrected chi connectivity index (χ4v) is 5.22. The fraction of sp³-hybridized carbons (Fsp3) is 0.481. The van der Waals surface area contributed by atoms with E-state index in [1.807, 2.05) is 6.07 Å². The van der Waals surface area contributed by atoms with Gasteiger partial charge >= 0.3 is 0 Å². The van der Waals surface area contributed by atoms with Gasteiger partial charge in [0.1, 0.15) is 17.3 Å². The highest BCUT2D eigenvalue weighted by molar-refractivity contribution is 6.01. The summed E-state index contributed by atoms with van der Waals surface area (Å²) in [5.41, 5.74) is 7.46. The highest BCUT2D eigenvalue weighted by atomic mass is 16.5. The minimum Gasteiger partial charge on any atom is -0.508 e. The molecule has 34 heavy (non-hydrogen) atoms. The molecule has 0 aromatic heterocycles. The minimum absolute atomic E-state index is 0.0513. The Morgan fingerprint density at radius 1 is 1.09 bits per heavy atom. The first kappa shape index (κ1) is 24.1. The number of ether oxygens (including phenoxy) is 1. The second kappa shape index (κ2) is 10.5. The topological polar surface area (TPSA) is 103 Å². The number of carbonyl (C=O) groups is 1. The monoisotopic (exact) mass is 464 g/mol. The van der Waals surface area contributed by atoms with Crippen LogP contribution in [-0.4, -0.2) is 46.9 Å². The fourth-order valence-electron chi connectivity index (χ4n) is 5.22. The van der Waals surface area contributed by atoms with Crippen LogP contribution in [0.4, 0.5) is 5.69 Å². The number of fused-ring (bicyclic) bond motifs is 1. The summed E-state index contributed by atoms with van der Waals surface area (Å²) in [7, 11) is 0. The number of rotatable bonds is 8. The van der Waals surface area contributed by atoms with E-state index in [0.717, 1.165) is 25.8 Å². The number of carbonyl (C=O) groups excluding carboxylic acids is 1. The molecular formula is C27H36N4O3. The number of benzene rings is 2. The number of nitrogens with one attached hydrogen (secondary N) is 1. The van der Waals surface area contributed by atoms with Gasteiger partial charge in [-0.25, -0.2) is 0 Å². The second-order valence-corrected chi connectivity index (χ2v) is 9.61. The van der Waals surface area contributed by atoms with E-state index in [1.54, 1.807) is 41.3 Å². The normalized spacial score (nSPS) is 22.8. The van der Waals surface area contributed by atoms with Crippen molar-refractivity contribution in [1.29, 1.82) is 5.41 Å². The van der Waals surface area contributed by atoms with Crippen LogP contribution in [-0.2, 0) is 4.79 Å². The number of nitrogens with zero attached hydrogens (tertiary/aromatic N) is 2. The Kier molecular flexibility index (Phi) is 7.41. The molecule has 3 atom stereocenters. The zero-order valence-electron chi connectivity index (χ0n) is 20.2. The Bertz CT molecular complexity index is 1030. The molecule has 0 spiro atoms. The number of amidine groups is 1. The summed E-state index contributed by atoms with van der Waals surface area (Å²) in [5, 5.41) is 17.8. The minimum atomic E-state index is -0.814. The first-order valence-electron chi connectivity index (χ1n) is 12.4. The van der Waals surface area contributed by atoms with Gasteiger partial charge < -0.3 is 20.5 Å². The summed E-state index contributed by atoms with van der Waals surface area (Å²) >= 11 is 0. The standard InChI is InChI=1S/C27H36N4O3/c1-18-8-6-9-19(2)30(18)14-4-3-5-15-31-23-17-22(32)12-13-24(23)34-25(27(31)33)20-10-7-11-21(16-20)26(28)29/h7,10-13,16-19,25,32H,3-6,8-9,14-15H2,1-2H3,(H3,28,29)/t18-,19+,25?. The van der Waals surface area contributed by atoms with E-state index in [9.17, 15) is 9.90 Å². The number of anilines is 1. The zero-order valence-corrected chi connectivity index (χ0v) is 20.2. The third kappa shape index (κ3) is 5.20. The lowest BCUT2D eigenvalue weighted by Gasteiger charge is -2.39. The van der Waals surface area contributed by atoms with Crippen LogP contribution in [0.5, 0.6) is 11.5 Å². The molecule has 2 heterocycles. The van der Waals surface area contributed by atoms with Crippen LogP contribution >= 0.6 is 0 Å².